The van der Waals surface area contributed by atoms with E-state index < -0.39 is 0 Å². The Morgan fingerprint density at radius 1 is 0.735 bits per heavy atom. The van der Waals surface area contributed by atoms with Gasteiger partial charge in [-0.3, -0.25) is 0 Å². The molecule has 0 spiro atoms. The maximum absolute atomic E-state index is 2.58. The molecule has 0 bridgehead atoms. The lowest BCUT2D eigenvalue weighted by atomic mass is 9.73. The molecule has 2 atom stereocenters. The van der Waals surface area contributed by atoms with Crippen LogP contribution in [0.5, 0.6) is 0 Å². The van der Waals surface area contributed by atoms with Gasteiger partial charge in [0.15, 0.2) is 0 Å². The quantitative estimate of drug-likeness (QED) is 0.302. The van der Waals surface area contributed by atoms with Crippen molar-refractivity contribution < 1.29 is 0 Å². The molecule has 180 valence electrons. The zero-order valence-electron chi connectivity index (χ0n) is 20.6. The molecule has 0 saturated carbocycles. The Labute approximate surface area is 237 Å². The number of hydrogen-bond acceptors (Lipinski definition) is 8. The Hall–Kier alpha value is 0.460. The summed E-state index contributed by atoms with van der Waals surface area (Å²) < 4.78 is 5.65. The van der Waals surface area contributed by atoms with Gasteiger partial charge in [-0.25, -0.2) is 0 Å². The van der Waals surface area contributed by atoms with Gasteiger partial charge < -0.3 is 0 Å². The molecule has 8 heteroatoms. The smallest absolute Gasteiger partial charge is 0.0915 e. The lowest BCUT2D eigenvalue weighted by molar-refractivity contribution is 0.652. The van der Waals surface area contributed by atoms with E-state index in [9.17, 15) is 0 Å². The fourth-order valence-corrected chi connectivity index (χ4v) is 14.1. The summed E-state index contributed by atoms with van der Waals surface area (Å²) in [6.07, 6.45) is 13.9. The molecular weight excluding hydrogens is 569 g/mol. The molecule has 0 saturated heterocycles. The number of rotatable bonds is 6. The molecule has 0 nitrogen and oxygen atoms in total. The van der Waals surface area contributed by atoms with Gasteiger partial charge in [0.25, 0.3) is 0 Å². The van der Waals surface area contributed by atoms with Crippen LogP contribution >= 0.6 is 93.2 Å². The fourth-order valence-electron chi connectivity index (χ4n) is 5.35. The summed E-state index contributed by atoms with van der Waals surface area (Å²) in [5.74, 6) is 0. The summed E-state index contributed by atoms with van der Waals surface area (Å²) in [7, 11) is 0. The highest BCUT2D eigenvalue weighted by atomic mass is 32.2. The Morgan fingerprint density at radius 3 is 1.85 bits per heavy atom. The van der Waals surface area contributed by atoms with Gasteiger partial charge >= 0.3 is 0 Å². The molecule has 4 heterocycles. The van der Waals surface area contributed by atoms with Crippen molar-refractivity contribution in [3.8, 4) is 0 Å². The number of allylic oxidation sites excluding steroid dienone is 5. The van der Waals surface area contributed by atoms with Gasteiger partial charge in [0.1, 0.15) is 0 Å². The summed E-state index contributed by atoms with van der Waals surface area (Å²) in [4.78, 5) is 2.85. The van der Waals surface area contributed by atoms with E-state index in [-0.39, 0.29) is 9.49 Å². The van der Waals surface area contributed by atoms with Crippen LogP contribution in [0.15, 0.2) is 52.3 Å². The van der Waals surface area contributed by atoms with Gasteiger partial charge in [-0.2, -0.15) is 0 Å². The van der Waals surface area contributed by atoms with Crippen molar-refractivity contribution in [2.45, 2.75) is 40.2 Å². The number of thioether (sulfide) groups is 6. The highest BCUT2D eigenvalue weighted by Crippen LogP contribution is 2.72. The first-order valence-corrected chi connectivity index (χ1v) is 19.1. The second-order valence-electron chi connectivity index (χ2n) is 8.70. The van der Waals surface area contributed by atoms with E-state index in [1.807, 2.05) is 69.7 Å². The van der Waals surface area contributed by atoms with Gasteiger partial charge in [-0.1, -0.05) is 23.5 Å². The maximum Gasteiger partial charge on any atom is 0.0915 e. The van der Waals surface area contributed by atoms with E-state index in [1.165, 1.54) is 54.5 Å². The Balaban J connectivity index is 1.92. The van der Waals surface area contributed by atoms with E-state index in [1.54, 1.807) is 5.57 Å². The average Bonchev–Trinajstić information content (AvgIpc) is 3.44. The minimum absolute atomic E-state index is 0.00417. The molecule has 0 aromatic carbocycles. The van der Waals surface area contributed by atoms with Crippen molar-refractivity contribution in [2.24, 2.45) is 5.41 Å². The summed E-state index contributed by atoms with van der Waals surface area (Å²) >= 11 is 15.5. The van der Waals surface area contributed by atoms with Crippen LogP contribution in [0.2, 0.25) is 0 Å². The van der Waals surface area contributed by atoms with E-state index in [4.69, 9.17) is 0 Å². The average molecular weight is 597 g/mol. The van der Waals surface area contributed by atoms with Crippen LogP contribution in [-0.2, 0) is 0 Å². The maximum atomic E-state index is 2.58. The van der Waals surface area contributed by atoms with Crippen molar-refractivity contribution in [1.82, 2.24) is 0 Å². The number of thiophene rings is 2. The van der Waals surface area contributed by atoms with Gasteiger partial charge in [0.2, 0.25) is 0 Å². The van der Waals surface area contributed by atoms with Crippen molar-refractivity contribution in [3.05, 3.63) is 64.8 Å². The molecule has 0 radical (unpaired) electrons. The zero-order chi connectivity index (χ0) is 24.4. The summed E-state index contributed by atoms with van der Waals surface area (Å²) in [6.45, 7) is 9.57. The van der Waals surface area contributed by atoms with Crippen LogP contribution in [-0.4, -0.2) is 29.1 Å². The minimum atomic E-state index is -0.119. The minimum Gasteiger partial charge on any atom is -0.134 e. The van der Waals surface area contributed by atoms with Gasteiger partial charge in [0, 0.05) is 23.6 Å². The van der Waals surface area contributed by atoms with Crippen LogP contribution in [0.3, 0.4) is 0 Å². The molecular formula is C26H28S8. The van der Waals surface area contributed by atoms with E-state index in [0.717, 1.165) is 0 Å². The van der Waals surface area contributed by atoms with Crippen molar-refractivity contribution in [2.75, 3.05) is 25.0 Å². The van der Waals surface area contributed by atoms with Crippen molar-refractivity contribution in [3.63, 3.8) is 0 Å². The van der Waals surface area contributed by atoms with Gasteiger partial charge in [-0.05, 0) is 110 Å². The van der Waals surface area contributed by atoms with Crippen LogP contribution in [0.4, 0.5) is 0 Å². The second kappa shape index (κ2) is 9.64. The molecule has 3 aliphatic rings. The van der Waals surface area contributed by atoms with Crippen LogP contribution in [0, 0.1) is 19.3 Å². The number of aryl methyl sites for hydroxylation is 2. The molecule has 2 aromatic rings. The lowest BCUT2D eigenvalue weighted by Crippen LogP contribution is -2.34. The Kier molecular flexibility index (Phi) is 7.40. The summed E-state index contributed by atoms with van der Waals surface area (Å²) in [5.41, 5.74) is 8.78. The first-order valence-electron chi connectivity index (χ1n) is 10.9. The van der Waals surface area contributed by atoms with Crippen molar-refractivity contribution in [1.29, 1.82) is 0 Å². The molecule has 0 fully saturated rings. The predicted molar refractivity (Wildman–Crippen MR) is 170 cm³/mol. The molecule has 0 amide bonds. The first kappa shape index (κ1) is 26.1. The highest BCUT2D eigenvalue weighted by Gasteiger charge is 2.55. The monoisotopic (exact) mass is 596 g/mol. The Morgan fingerprint density at radius 2 is 1.29 bits per heavy atom. The SMILES string of the molecule is CSC1=CC2=C3[C@@](C)(S1)SC(SC)=C[C@]3(C)C(c1cc(SC)sc1C)=C2c1cc(SC)sc1C. The molecule has 5 rings (SSSR count). The molecule has 0 unspecified atom stereocenters. The largest absolute Gasteiger partial charge is 0.134 e. The molecule has 2 aliphatic heterocycles. The Bertz CT molecular complexity index is 1300. The van der Waals surface area contributed by atoms with Crippen LogP contribution in [0.1, 0.15) is 34.7 Å². The van der Waals surface area contributed by atoms with Gasteiger partial charge in [-0.15, -0.1) is 69.7 Å². The summed E-state index contributed by atoms with van der Waals surface area (Å²) in [6, 6.07) is 4.91. The topological polar surface area (TPSA) is 0 Å². The normalized spacial score (nSPS) is 26.2. The number of hydrogen-bond donors (Lipinski definition) is 0. The zero-order valence-corrected chi connectivity index (χ0v) is 27.1. The third-order valence-electron chi connectivity index (χ3n) is 6.67. The second-order valence-corrected chi connectivity index (χ2v) is 18.8. The lowest BCUT2D eigenvalue weighted by Gasteiger charge is -2.45. The first-order chi connectivity index (χ1) is 16.2. The van der Waals surface area contributed by atoms with E-state index in [0.29, 0.717) is 0 Å². The molecule has 0 N–H and O–H groups in total. The molecule has 1 aliphatic carbocycles. The van der Waals surface area contributed by atoms with Crippen LogP contribution in [0.25, 0.3) is 11.1 Å². The highest BCUT2D eigenvalue weighted by molar-refractivity contribution is 8.33. The molecule has 2 aromatic heterocycles. The molecule has 34 heavy (non-hydrogen) atoms. The van der Waals surface area contributed by atoms with E-state index in [2.05, 4.69) is 101 Å². The van der Waals surface area contributed by atoms with Crippen LogP contribution < -0.4 is 0 Å². The standard InChI is InChI=1S/C26H28S8/c1-13-15(9-18(27-5)31-13)22-17-11-20(29-7)33-26(4)24(17)25(3,12-21(30-8)34-26)23(22)16-10-19(28-6)32-14(16)2/h9-12H,1-8H3/t25-,26+/m1/s1. The van der Waals surface area contributed by atoms with Crippen molar-refractivity contribution >= 4 is 104 Å². The predicted octanol–water partition coefficient (Wildman–Crippen LogP) is 10.7. The fraction of sp³-hybridized carbons (Fsp3) is 0.385. The van der Waals surface area contributed by atoms with Gasteiger partial charge in [0.05, 0.1) is 12.5 Å². The third-order valence-corrected chi connectivity index (χ3v) is 15.8. The van der Waals surface area contributed by atoms with E-state index >= 15 is 0 Å². The summed E-state index contributed by atoms with van der Waals surface area (Å²) in [5, 5.41) is 0. The third kappa shape index (κ3) is 4.01.